The highest BCUT2D eigenvalue weighted by Gasteiger charge is 2.36. The highest BCUT2D eigenvalue weighted by molar-refractivity contribution is 6.74. The van der Waals surface area contributed by atoms with Gasteiger partial charge in [0.2, 0.25) is 0 Å². The van der Waals surface area contributed by atoms with E-state index < -0.39 is 8.32 Å². The van der Waals surface area contributed by atoms with Gasteiger partial charge in [0, 0.05) is 6.61 Å². The van der Waals surface area contributed by atoms with E-state index >= 15 is 0 Å². The number of allylic oxidation sites excluding steroid dienone is 2. The van der Waals surface area contributed by atoms with E-state index in [4.69, 9.17) is 10.8 Å². The van der Waals surface area contributed by atoms with Crippen LogP contribution in [0.15, 0.2) is 12.2 Å². The lowest BCUT2D eigenvalue weighted by Gasteiger charge is -2.36. The second kappa shape index (κ2) is 6.15. The van der Waals surface area contributed by atoms with Crippen LogP contribution in [0.1, 0.15) is 33.6 Å². The van der Waals surface area contributed by atoms with Crippen molar-refractivity contribution in [2.45, 2.75) is 51.7 Å². The quantitative estimate of drug-likeness (QED) is 0.390. The fraction of sp³-hybridized carbons (Fsp3) is 0.692. The lowest BCUT2D eigenvalue weighted by Crippen LogP contribution is -2.40. The molecule has 0 amide bonds. The van der Waals surface area contributed by atoms with Crippen LogP contribution in [-0.2, 0) is 4.43 Å². The molecule has 0 aliphatic rings. The average molecular weight is 224 g/mol. The summed E-state index contributed by atoms with van der Waals surface area (Å²) in [6.45, 7) is 12.2. The average Bonchev–Trinajstić information content (AvgIpc) is 2.09. The van der Waals surface area contributed by atoms with Gasteiger partial charge in [0.1, 0.15) is 0 Å². The second-order valence-corrected chi connectivity index (χ2v) is 10.1. The fourth-order valence-electron chi connectivity index (χ4n) is 0.896. The van der Waals surface area contributed by atoms with E-state index in [0.717, 1.165) is 19.4 Å². The van der Waals surface area contributed by atoms with Crippen molar-refractivity contribution in [1.29, 1.82) is 0 Å². The Kier molecular flexibility index (Phi) is 5.93. The van der Waals surface area contributed by atoms with Gasteiger partial charge >= 0.3 is 0 Å². The van der Waals surface area contributed by atoms with Crippen LogP contribution in [0.4, 0.5) is 0 Å². The zero-order valence-electron chi connectivity index (χ0n) is 10.8. The standard InChI is InChI=1S/C13H24OSi/c1-7-8-9-10-11-12-14-15(5,6)13(2,3)4/h1,8-9H,10-12H2,2-6H3/b9-8-. The first-order valence-corrected chi connectivity index (χ1v) is 8.47. The molecular weight excluding hydrogens is 200 g/mol. The molecule has 0 aliphatic carbocycles. The third kappa shape index (κ3) is 5.81. The Balaban J connectivity index is 3.78. The highest BCUT2D eigenvalue weighted by Crippen LogP contribution is 2.36. The van der Waals surface area contributed by atoms with Gasteiger partial charge in [-0.1, -0.05) is 32.8 Å². The van der Waals surface area contributed by atoms with E-state index in [1.54, 1.807) is 6.08 Å². The Morgan fingerprint density at radius 3 is 2.40 bits per heavy atom. The second-order valence-electron chi connectivity index (χ2n) is 5.32. The Bertz CT molecular complexity index is 240. The van der Waals surface area contributed by atoms with Gasteiger partial charge in [0.25, 0.3) is 0 Å². The molecule has 0 radical (unpaired) electrons. The molecule has 0 unspecified atom stereocenters. The van der Waals surface area contributed by atoms with Gasteiger partial charge in [0.05, 0.1) is 0 Å². The van der Waals surface area contributed by atoms with Gasteiger partial charge in [0.15, 0.2) is 8.32 Å². The summed E-state index contributed by atoms with van der Waals surface area (Å²) in [5.41, 5.74) is 0. The molecule has 0 spiro atoms. The topological polar surface area (TPSA) is 9.23 Å². The third-order valence-corrected chi connectivity index (χ3v) is 7.54. The molecule has 0 aromatic rings. The molecule has 0 heterocycles. The first-order chi connectivity index (χ1) is 6.81. The normalized spacial score (nSPS) is 13.1. The summed E-state index contributed by atoms with van der Waals surface area (Å²) in [6.07, 6.45) is 11.0. The first kappa shape index (κ1) is 14.5. The van der Waals surface area contributed by atoms with Gasteiger partial charge in [-0.3, -0.25) is 0 Å². The lowest BCUT2D eigenvalue weighted by atomic mass is 10.2. The SMILES string of the molecule is C#C/C=C\CCCO[Si](C)(C)C(C)(C)C. The molecule has 0 aromatic carbocycles. The van der Waals surface area contributed by atoms with Gasteiger partial charge in [-0.05, 0) is 37.0 Å². The van der Waals surface area contributed by atoms with Crippen LogP contribution in [0.25, 0.3) is 0 Å². The molecule has 0 N–H and O–H groups in total. The third-order valence-electron chi connectivity index (χ3n) is 3.00. The molecule has 0 bridgehead atoms. The molecule has 0 atom stereocenters. The Morgan fingerprint density at radius 2 is 1.93 bits per heavy atom. The Hall–Kier alpha value is -0.523. The maximum absolute atomic E-state index is 6.03. The van der Waals surface area contributed by atoms with Crippen LogP contribution in [-0.4, -0.2) is 14.9 Å². The van der Waals surface area contributed by atoms with Crippen molar-refractivity contribution < 1.29 is 4.43 Å². The van der Waals surface area contributed by atoms with Crippen molar-refractivity contribution in [1.82, 2.24) is 0 Å². The maximum atomic E-state index is 6.03. The van der Waals surface area contributed by atoms with Crippen LogP contribution < -0.4 is 0 Å². The zero-order valence-corrected chi connectivity index (χ0v) is 11.8. The Morgan fingerprint density at radius 1 is 1.33 bits per heavy atom. The van der Waals surface area contributed by atoms with Crippen molar-refractivity contribution in [2.75, 3.05) is 6.61 Å². The zero-order chi connectivity index (χ0) is 11.9. The van der Waals surface area contributed by atoms with Crippen molar-refractivity contribution in [3.63, 3.8) is 0 Å². The summed E-state index contributed by atoms with van der Waals surface area (Å²) in [7, 11) is -1.54. The summed E-state index contributed by atoms with van der Waals surface area (Å²) < 4.78 is 6.03. The minimum atomic E-state index is -1.54. The molecule has 0 rings (SSSR count). The molecule has 0 saturated carbocycles. The van der Waals surface area contributed by atoms with Gasteiger partial charge in [-0.25, -0.2) is 0 Å². The molecule has 0 aromatic heterocycles. The molecule has 15 heavy (non-hydrogen) atoms. The molecule has 0 aliphatic heterocycles. The van der Waals surface area contributed by atoms with E-state index in [1.807, 2.05) is 6.08 Å². The summed E-state index contributed by atoms with van der Waals surface area (Å²) in [5.74, 6) is 2.49. The number of terminal acetylenes is 1. The first-order valence-electron chi connectivity index (χ1n) is 5.56. The van der Waals surface area contributed by atoms with Crippen LogP contribution in [0.5, 0.6) is 0 Å². The molecule has 86 valence electrons. The van der Waals surface area contributed by atoms with Crippen molar-refractivity contribution >= 4 is 8.32 Å². The summed E-state index contributed by atoms with van der Waals surface area (Å²) in [6, 6.07) is 0. The van der Waals surface area contributed by atoms with Gasteiger partial charge < -0.3 is 4.43 Å². The van der Waals surface area contributed by atoms with Gasteiger partial charge in [-0.15, -0.1) is 6.42 Å². The van der Waals surface area contributed by atoms with Crippen LogP contribution in [0, 0.1) is 12.3 Å². The van der Waals surface area contributed by atoms with Crippen molar-refractivity contribution in [2.24, 2.45) is 0 Å². The smallest absolute Gasteiger partial charge is 0.191 e. The van der Waals surface area contributed by atoms with Crippen LogP contribution in [0.2, 0.25) is 18.1 Å². The minimum Gasteiger partial charge on any atom is -0.417 e. The largest absolute Gasteiger partial charge is 0.417 e. The highest BCUT2D eigenvalue weighted by atomic mass is 28.4. The lowest BCUT2D eigenvalue weighted by molar-refractivity contribution is 0.283. The summed E-state index contributed by atoms with van der Waals surface area (Å²) in [5, 5.41) is 0.307. The molecule has 0 fully saturated rings. The number of unbranched alkanes of at least 4 members (excludes halogenated alkanes) is 1. The predicted molar refractivity (Wildman–Crippen MR) is 70.4 cm³/mol. The number of hydrogen-bond acceptors (Lipinski definition) is 1. The molecule has 0 saturated heterocycles. The van der Waals surface area contributed by atoms with E-state index in [-0.39, 0.29) is 0 Å². The minimum absolute atomic E-state index is 0.307. The number of hydrogen-bond donors (Lipinski definition) is 0. The Labute approximate surface area is 96.0 Å². The summed E-state index contributed by atoms with van der Waals surface area (Å²) in [4.78, 5) is 0. The monoisotopic (exact) mass is 224 g/mol. The molecule has 2 heteroatoms. The van der Waals surface area contributed by atoms with Crippen LogP contribution in [0.3, 0.4) is 0 Å². The summed E-state index contributed by atoms with van der Waals surface area (Å²) >= 11 is 0. The van der Waals surface area contributed by atoms with Crippen molar-refractivity contribution in [3.8, 4) is 12.3 Å². The van der Waals surface area contributed by atoms with E-state index in [9.17, 15) is 0 Å². The maximum Gasteiger partial charge on any atom is 0.191 e. The van der Waals surface area contributed by atoms with Gasteiger partial charge in [-0.2, -0.15) is 0 Å². The number of rotatable bonds is 5. The molecular formula is C13H24OSi. The van der Waals surface area contributed by atoms with E-state index in [2.05, 4.69) is 39.8 Å². The fourth-order valence-corrected chi connectivity index (χ4v) is 1.98. The van der Waals surface area contributed by atoms with E-state index in [1.165, 1.54) is 0 Å². The van der Waals surface area contributed by atoms with Crippen LogP contribution >= 0.6 is 0 Å². The molecule has 1 nitrogen and oxygen atoms in total. The van der Waals surface area contributed by atoms with Crippen molar-refractivity contribution in [3.05, 3.63) is 12.2 Å². The predicted octanol–water partition coefficient (Wildman–Crippen LogP) is 3.98. The van der Waals surface area contributed by atoms with E-state index in [0.29, 0.717) is 5.04 Å².